The van der Waals surface area contributed by atoms with Crippen LogP contribution >= 0.6 is 0 Å². The normalized spacial score (nSPS) is 15.1. The lowest BCUT2D eigenvalue weighted by Gasteiger charge is -2.24. The first-order valence-electron chi connectivity index (χ1n) is 10.2. The summed E-state index contributed by atoms with van der Waals surface area (Å²) in [6.45, 7) is 5.84. The number of benzene rings is 2. The predicted molar refractivity (Wildman–Crippen MR) is 118 cm³/mol. The van der Waals surface area contributed by atoms with Gasteiger partial charge >= 0.3 is 0 Å². The number of anilines is 1. The molecule has 6 heteroatoms. The molecule has 0 N–H and O–H groups in total. The number of rotatable bonds is 5. The summed E-state index contributed by atoms with van der Waals surface area (Å²) in [6.07, 6.45) is 5.71. The number of sulfonamides is 1. The van der Waals surface area contributed by atoms with Crippen molar-refractivity contribution in [2.45, 2.75) is 46.1 Å². The van der Waals surface area contributed by atoms with Crippen LogP contribution in [0, 0.1) is 13.8 Å². The Morgan fingerprint density at radius 1 is 0.931 bits per heavy atom. The molecule has 1 aliphatic heterocycles. The second-order valence-electron chi connectivity index (χ2n) is 7.94. The topological polar surface area (TPSA) is 57.7 Å². The highest BCUT2D eigenvalue weighted by Gasteiger charge is 2.20. The third-order valence-electron chi connectivity index (χ3n) is 5.60. The van der Waals surface area contributed by atoms with Crippen molar-refractivity contribution < 1.29 is 13.2 Å². The van der Waals surface area contributed by atoms with Crippen LogP contribution in [-0.2, 0) is 16.6 Å². The van der Waals surface area contributed by atoms with Crippen molar-refractivity contribution in [2.75, 3.05) is 23.7 Å². The lowest BCUT2D eigenvalue weighted by Crippen LogP contribution is -2.32. The molecule has 0 spiro atoms. The van der Waals surface area contributed by atoms with Crippen molar-refractivity contribution in [3.8, 4) is 0 Å². The van der Waals surface area contributed by atoms with Gasteiger partial charge in [-0.3, -0.25) is 9.10 Å². The predicted octanol–water partition coefficient (Wildman–Crippen LogP) is 4.29. The summed E-state index contributed by atoms with van der Waals surface area (Å²) in [4.78, 5) is 14.7. The van der Waals surface area contributed by atoms with Crippen molar-refractivity contribution in [1.29, 1.82) is 0 Å². The zero-order valence-corrected chi connectivity index (χ0v) is 18.3. The van der Waals surface area contributed by atoms with Crippen LogP contribution < -0.4 is 4.31 Å². The van der Waals surface area contributed by atoms with E-state index in [1.165, 1.54) is 23.4 Å². The minimum absolute atomic E-state index is 0.0626. The van der Waals surface area contributed by atoms with Crippen molar-refractivity contribution >= 4 is 21.6 Å². The van der Waals surface area contributed by atoms with E-state index in [-0.39, 0.29) is 12.5 Å². The average Bonchev–Trinajstić information content (AvgIpc) is 2.97. The van der Waals surface area contributed by atoms with E-state index >= 15 is 0 Å². The van der Waals surface area contributed by atoms with Crippen molar-refractivity contribution in [1.82, 2.24) is 4.90 Å². The van der Waals surface area contributed by atoms with Gasteiger partial charge < -0.3 is 4.90 Å². The van der Waals surface area contributed by atoms with Crippen molar-refractivity contribution in [2.24, 2.45) is 0 Å². The summed E-state index contributed by atoms with van der Waals surface area (Å²) in [5, 5.41) is 0. The standard InChI is InChI=1S/C23H30N2O3S/c1-18-8-13-22(16-19(18)2)25(29(3,27)28)17-20-9-11-21(12-10-20)23(26)24-14-6-4-5-7-15-24/h8-13,16H,4-7,14-15,17H2,1-3H3. The molecule has 0 atom stereocenters. The monoisotopic (exact) mass is 414 g/mol. The molecule has 1 fully saturated rings. The third kappa shape index (κ3) is 5.38. The van der Waals surface area contributed by atoms with Gasteiger partial charge in [0.2, 0.25) is 10.0 Å². The Morgan fingerprint density at radius 3 is 2.10 bits per heavy atom. The Labute approximate surface area is 174 Å². The van der Waals surface area contributed by atoms with Crippen LogP contribution in [0.1, 0.15) is 52.7 Å². The number of carbonyl (C=O) groups excluding carboxylic acids is 1. The number of carbonyl (C=O) groups is 1. The zero-order chi connectivity index (χ0) is 21.0. The smallest absolute Gasteiger partial charge is 0.253 e. The van der Waals surface area contributed by atoms with Crippen LogP contribution in [0.2, 0.25) is 0 Å². The van der Waals surface area contributed by atoms with E-state index in [1.807, 2.05) is 61.2 Å². The Hall–Kier alpha value is -2.34. The fraction of sp³-hybridized carbons (Fsp3) is 0.435. The molecule has 0 bridgehead atoms. The van der Waals surface area contributed by atoms with E-state index < -0.39 is 10.0 Å². The number of hydrogen-bond donors (Lipinski definition) is 0. The van der Waals surface area contributed by atoms with E-state index in [2.05, 4.69) is 0 Å². The maximum absolute atomic E-state index is 12.8. The molecule has 0 aliphatic carbocycles. The van der Waals surface area contributed by atoms with Gasteiger partial charge in [-0.15, -0.1) is 0 Å². The summed E-state index contributed by atoms with van der Waals surface area (Å²) in [6, 6.07) is 13.0. The van der Waals surface area contributed by atoms with Crippen LogP contribution in [0.15, 0.2) is 42.5 Å². The molecule has 0 aromatic heterocycles. The molecule has 0 radical (unpaired) electrons. The molecule has 156 valence electrons. The summed E-state index contributed by atoms with van der Waals surface area (Å²) in [5.41, 5.74) is 4.34. The van der Waals surface area contributed by atoms with Gasteiger partial charge in [0, 0.05) is 18.7 Å². The summed E-state index contributed by atoms with van der Waals surface area (Å²) >= 11 is 0. The molecule has 3 rings (SSSR count). The first-order valence-corrected chi connectivity index (χ1v) is 12.0. The van der Waals surface area contributed by atoms with Crippen LogP contribution in [0.3, 0.4) is 0 Å². The van der Waals surface area contributed by atoms with Gasteiger partial charge in [-0.25, -0.2) is 8.42 Å². The Kier molecular flexibility index (Phi) is 6.63. The van der Waals surface area contributed by atoms with Crippen LogP contribution in [-0.4, -0.2) is 38.6 Å². The number of amides is 1. The molecule has 1 heterocycles. The molecule has 1 aliphatic rings. The number of hydrogen-bond acceptors (Lipinski definition) is 3. The summed E-state index contributed by atoms with van der Waals surface area (Å²) in [7, 11) is -3.44. The van der Waals surface area contributed by atoms with Gasteiger partial charge in [0.25, 0.3) is 5.91 Å². The highest BCUT2D eigenvalue weighted by atomic mass is 32.2. The zero-order valence-electron chi connectivity index (χ0n) is 17.5. The van der Waals surface area contributed by atoms with E-state index in [4.69, 9.17) is 0 Å². The third-order valence-corrected chi connectivity index (χ3v) is 6.74. The summed E-state index contributed by atoms with van der Waals surface area (Å²) in [5.74, 6) is 0.0626. The Morgan fingerprint density at radius 2 is 1.55 bits per heavy atom. The van der Waals surface area contributed by atoms with Gasteiger partial charge in [-0.05, 0) is 67.6 Å². The number of likely N-dealkylation sites (tertiary alicyclic amines) is 1. The molecule has 5 nitrogen and oxygen atoms in total. The molecule has 1 amide bonds. The van der Waals surface area contributed by atoms with Gasteiger partial charge in [-0.2, -0.15) is 0 Å². The lowest BCUT2D eigenvalue weighted by atomic mass is 10.1. The molecule has 0 unspecified atom stereocenters. The quantitative estimate of drug-likeness (QED) is 0.733. The maximum Gasteiger partial charge on any atom is 0.253 e. The second kappa shape index (κ2) is 8.99. The molecule has 29 heavy (non-hydrogen) atoms. The van der Waals surface area contributed by atoms with E-state index in [0.717, 1.165) is 42.6 Å². The van der Waals surface area contributed by atoms with Gasteiger partial charge in [0.1, 0.15) is 0 Å². The largest absolute Gasteiger partial charge is 0.339 e. The minimum atomic E-state index is -3.44. The highest BCUT2D eigenvalue weighted by molar-refractivity contribution is 7.92. The van der Waals surface area contributed by atoms with Crippen molar-refractivity contribution in [3.05, 3.63) is 64.7 Å². The fourth-order valence-corrected chi connectivity index (χ4v) is 4.54. The molecule has 2 aromatic carbocycles. The first-order chi connectivity index (χ1) is 13.8. The molecular formula is C23H30N2O3S. The highest BCUT2D eigenvalue weighted by Crippen LogP contribution is 2.24. The van der Waals surface area contributed by atoms with E-state index in [1.54, 1.807) is 0 Å². The van der Waals surface area contributed by atoms with E-state index in [9.17, 15) is 13.2 Å². The van der Waals surface area contributed by atoms with Crippen molar-refractivity contribution in [3.63, 3.8) is 0 Å². The number of nitrogens with zero attached hydrogens (tertiary/aromatic N) is 2. The fourth-order valence-electron chi connectivity index (χ4n) is 3.66. The Balaban J connectivity index is 1.78. The first kappa shape index (κ1) is 21.4. The van der Waals surface area contributed by atoms with Crippen LogP contribution in [0.4, 0.5) is 5.69 Å². The number of aryl methyl sites for hydroxylation is 2. The van der Waals surface area contributed by atoms with Gasteiger partial charge in [0.15, 0.2) is 0 Å². The molecule has 2 aromatic rings. The van der Waals surface area contributed by atoms with Gasteiger partial charge in [-0.1, -0.05) is 31.0 Å². The lowest BCUT2D eigenvalue weighted by molar-refractivity contribution is 0.0761. The maximum atomic E-state index is 12.8. The van der Waals surface area contributed by atoms with E-state index in [0.29, 0.717) is 11.3 Å². The van der Waals surface area contributed by atoms with Crippen LogP contribution in [0.25, 0.3) is 0 Å². The van der Waals surface area contributed by atoms with Crippen LogP contribution in [0.5, 0.6) is 0 Å². The molecular weight excluding hydrogens is 384 g/mol. The Bertz CT molecular complexity index is 960. The molecule has 0 saturated carbocycles. The second-order valence-corrected chi connectivity index (χ2v) is 9.85. The minimum Gasteiger partial charge on any atom is -0.339 e. The molecule has 1 saturated heterocycles. The average molecular weight is 415 g/mol. The SMILES string of the molecule is Cc1ccc(N(Cc2ccc(C(=O)N3CCCCCC3)cc2)S(C)(=O)=O)cc1C. The van der Waals surface area contributed by atoms with Gasteiger partial charge in [0.05, 0.1) is 18.5 Å². The summed E-state index contributed by atoms with van der Waals surface area (Å²) < 4.78 is 26.2.